The Morgan fingerprint density at radius 2 is 2.00 bits per heavy atom. The number of carbonyl (C=O) groups is 1. The highest BCUT2D eigenvalue weighted by atomic mass is 79.9. The maximum absolute atomic E-state index is 11.4. The van der Waals surface area contributed by atoms with Gasteiger partial charge in [0.25, 0.3) is 0 Å². The van der Waals surface area contributed by atoms with Crippen molar-refractivity contribution in [3.63, 3.8) is 0 Å². The lowest BCUT2D eigenvalue weighted by molar-refractivity contribution is -0.138. The van der Waals surface area contributed by atoms with Gasteiger partial charge in [0.05, 0.1) is 5.69 Å². The highest BCUT2D eigenvalue weighted by Crippen LogP contribution is 2.22. The van der Waals surface area contributed by atoms with Crippen molar-refractivity contribution in [2.45, 2.75) is 12.3 Å². The summed E-state index contributed by atoms with van der Waals surface area (Å²) in [6.07, 6.45) is 2.04. The number of nitrogens with zero attached hydrogens (tertiary/aromatic N) is 1. The fourth-order valence-electron chi connectivity index (χ4n) is 1.81. The van der Waals surface area contributed by atoms with Crippen molar-refractivity contribution < 1.29 is 9.90 Å². The van der Waals surface area contributed by atoms with E-state index in [0.717, 1.165) is 14.5 Å². The van der Waals surface area contributed by atoms with E-state index in [0.29, 0.717) is 12.1 Å². The third-order valence-electron chi connectivity index (χ3n) is 2.73. The largest absolute Gasteiger partial charge is 0.481 e. The second-order valence-electron chi connectivity index (χ2n) is 4.13. The summed E-state index contributed by atoms with van der Waals surface area (Å²) in [4.78, 5) is 15.6. The number of carboxylic acids is 1. The summed E-state index contributed by atoms with van der Waals surface area (Å²) in [5, 5.41) is 9.36. The Balaban J connectivity index is 2.26. The predicted molar refractivity (Wildman–Crippen MR) is 80.2 cm³/mol. The zero-order chi connectivity index (χ0) is 13.8. The zero-order valence-electron chi connectivity index (χ0n) is 9.88. The minimum atomic E-state index is -0.866. The minimum absolute atomic E-state index is 0.420. The van der Waals surface area contributed by atoms with Crippen LogP contribution in [0.3, 0.4) is 0 Å². The first kappa shape index (κ1) is 14.2. The zero-order valence-corrected chi connectivity index (χ0v) is 13.1. The lowest BCUT2D eigenvalue weighted by atomic mass is 9.96. The van der Waals surface area contributed by atoms with Crippen LogP contribution in [-0.2, 0) is 11.2 Å². The van der Waals surface area contributed by atoms with Gasteiger partial charge in [-0.05, 0) is 52.2 Å². The SMILES string of the molecule is O=C(O)C(Cc1cccc(Br)c1)c1ccc(Br)cn1. The number of carboxylic acid groups (broad SMARTS) is 1. The molecule has 2 aromatic rings. The van der Waals surface area contributed by atoms with Crippen molar-refractivity contribution in [1.29, 1.82) is 0 Å². The van der Waals surface area contributed by atoms with E-state index in [2.05, 4.69) is 36.8 Å². The van der Waals surface area contributed by atoms with E-state index in [-0.39, 0.29) is 0 Å². The molecule has 0 radical (unpaired) electrons. The molecule has 1 atom stereocenters. The van der Waals surface area contributed by atoms with E-state index in [1.54, 1.807) is 18.3 Å². The van der Waals surface area contributed by atoms with Crippen molar-refractivity contribution in [3.8, 4) is 0 Å². The Labute approximate surface area is 127 Å². The smallest absolute Gasteiger partial charge is 0.312 e. The number of aromatic nitrogens is 1. The second-order valence-corrected chi connectivity index (χ2v) is 5.96. The Morgan fingerprint density at radius 3 is 2.58 bits per heavy atom. The van der Waals surface area contributed by atoms with Gasteiger partial charge >= 0.3 is 5.97 Å². The first-order valence-corrected chi connectivity index (χ1v) is 7.23. The van der Waals surface area contributed by atoms with E-state index < -0.39 is 11.9 Å². The highest BCUT2D eigenvalue weighted by molar-refractivity contribution is 9.10. The van der Waals surface area contributed by atoms with Gasteiger partial charge in [0.15, 0.2) is 0 Å². The van der Waals surface area contributed by atoms with Crippen molar-refractivity contribution in [2.75, 3.05) is 0 Å². The third-order valence-corrected chi connectivity index (χ3v) is 3.70. The topological polar surface area (TPSA) is 50.2 Å². The molecule has 1 aromatic carbocycles. The van der Waals surface area contributed by atoms with Crippen LogP contribution in [0.2, 0.25) is 0 Å². The molecule has 19 heavy (non-hydrogen) atoms. The lowest BCUT2D eigenvalue weighted by Crippen LogP contribution is -2.15. The Hall–Kier alpha value is -1.20. The van der Waals surface area contributed by atoms with Gasteiger partial charge in [0.2, 0.25) is 0 Å². The Bertz CT molecular complexity index is 584. The summed E-state index contributed by atoms with van der Waals surface area (Å²) in [6, 6.07) is 11.2. The summed E-state index contributed by atoms with van der Waals surface area (Å²) in [5.41, 5.74) is 1.53. The number of halogens is 2. The molecule has 5 heteroatoms. The van der Waals surface area contributed by atoms with Crippen LogP contribution in [0.25, 0.3) is 0 Å². The van der Waals surface area contributed by atoms with Crippen LogP contribution < -0.4 is 0 Å². The van der Waals surface area contributed by atoms with E-state index in [4.69, 9.17) is 0 Å². The maximum atomic E-state index is 11.4. The number of hydrogen-bond donors (Lipinski definition) is 1. The molecule has 0 spiro atoms. The summed E-state index contributed by atoms with van der Waals surface area (Å²) in [7, 11) is 0. The van der Waals surface area contributed by atoms with Crippen LogP contribution in [-0.4, -0.2) is 16.1 Å². The summed E-state index contributed by atoms with van der Waals surface area (Å²) in [6.45, 7) is 0. The van der Waals surface area contributed by atoms with Crippen LogP contribution in [0, 0.1) is 0 Å². The molecule has 0 bridgehead atoms. The van der Waals surface area contributed by atoms with Crippen LogP contribution in [0.1, 0.15) is 17.2 Å². The molecule has 0 saturated carbocycles. The van der Waals surface area contributed by atoms with Gasteiger partial charge < -0.3 is 5.11 Å². The fourth-order valence-corrected chi connectivity index (χ4v) is 2.49. The van der Waals surface area contributed by atoms with Crippen LogP contribution in [0.4, 0.5) is 0 Å². The summed E-state index contributed by atoms with van der Waals surface area (Å²) >= 11 is 6.68. The fraction of sp³-hybridized carbons (Fsp3) is 0.143. The lowest BCUT2D eigenvalue weighted by Gasteiger charge is -2.12. The monoisotopic (exact) mass is 383 g/mol. The molecular formula is C14H11Br2NO2. The van der Waals surface area contributed by atoms with Gasteiger partial charge in [0, 0.05) is 15.1 Å². The minimum Gasteiger partial charge on any atom is -0.481 e. The van der Waals surface area contributed by atoms with Crippen molar-refractivity contribution in [3.05, 3.63) is 62.8 Å². The average Bonchev–Trinajstić information content (AvgIpc) is 2.37. The number of hydrogen-bond acceptors (Lipinski definition) is 2. The van der Waals surface area contributed by atoms with Gasteiger partial charge in [0.1, 0.15) is 5.92 Å². The van der Waals surface area contributed by atoms with Crippen LogP contribution >= 0.6 is 31.9 Å². The van der Waals surface area contributed by atoms with Crippen molar-refractivity contribution in [1.82, 2.24) is 4.98 Å². The molecule has 1 aromatic heterocycles. The first-order chi connectivity index (χ1) is 9.06. The maximum Gasteiger partial charge on any atom is 0.312 e. The molecule has 1 unspecified atom stereocenters. The predicted octanol–water partition coefficient (Wildman–Crippen LogP) is 4.02. The normalized spacial score (nSPS) is 12.1. The van der Waals surface area contributed by atoms with Crippen LogP contribution in [0.15, 0.2) is 51.5 Å². The van der Waals surface area contributed by atoms with Gasteiger partial charge in [-0.25, -0.2) is 0 Å². The molecular weight excluding hydrogens is 374 g/mol. The number of aliphatic carboxylic acids is 1. The standard InChI is InChI=1S/C14H11Br2NO2/c15-10-3-1-2-9(6-10)7-12(14(18)19)13-5-4-11(16)8-17-13/h1-6,8,12H,7H2,(H,18,19). The number of pyridine rings is 1. The Morgan fingerprint density at radius 1 is 1.21 bits per heavy atom. The van der Waals surface area contributed by atoms with Gasteiger partial charge in [-0.2, -0.15) is 0 Å². The van der Waals surface area contributed by atoms with E-state index in [1.807, 2.05) is 24.3 Å². The molecule has 0 aliphatic rings. The molecule has 3 nitrogen and oxygen atoms in total. The third kappa shape index (κ3) is 3.88. The molecule has 98 valence electrons. The molecule has 0 aliphatic carbocycles. The van der Waals surface area contributed by atoms with Gasteiger partial charge in [-0.15, -0.1) is 0 Å². The van der Waals surface area contributed by atoms with E-state index in [1.165, 1.54) is 0 Å². The highest BCUT2D eigenvalue weighted by Gasteiger charge is 2.21. The second kappa shape index (κ2) is 6.30. The van der Waals surface area contributed by atoms with Gasteiger partial charge in [-0.1, -0.05) is 28.1 Å². The summed E-state index contributed by atoms with van der Waals surface area (Å²) < 4.78 is 1.78. The molecule has 0 fully saturated rings. The molecule has 0 aliphatic heterocycles. The molecule has 0 amide bonds. The van der Waals surface area contributed by atoms with Crippen LogP contribution in [0.5, 0.6) is 0 Å². The average molecular weight is 385 g/mol. The van der Waals surface area contributed by atoms with Gasteiger partial charge in [-0.3, -0.25) is 9.78 Å². The van der Waals surface area contributed by atoms with Crippen molar-refractivity contribution >= 4 is 37.8 Å². The quantitative estimate of drug-likeness (QED) is 0.866. The number of rotatable bonds is 4. The molecule has 1 heterocycles. The van der Waals surface area contributed by atoms with E-state index in [9.17, 15) is 9.90 Å². The van der Waals surface area contributed by atoms with E-state index >= 15 is 0 Å². The first-order valence-electron chi connectivity index (χ1n) is 5.65. The molecule has 0 saturated heterocycles. The number of benzene rings is 1. The molecule has 2 rings (SSSR count). The molecule has 1 N–H and O–H groups in total. The summed E-state index contributed by atoms with van der Waals surface area (Å²) in [5.74, 6) is -1.50. The van der Waals surface area contributed by atoms with Crippen molar-refractivity contribution in [2.24, 2.45) is 0 Å². The Kier molecular flexibility index (Phi) is 4.71.